The van der Waals surface area contributed by atoms with Gasteiger partial charge in [0.2, 0.25) is 0 Å². The predicted molar refractivity (Wildman–Crippen MR) is 118 cm³/mol. The summed E-state index contributed by atoms with van der Waals surface area (Å²) in [6.45, 7) is 0.573. The minimum absolute atomic E-state index is 0.290. The highest BCUT2D eigenvalue weighted by atomic mass is 79.9. The summed E-state index contributed by atoms with van der Waals surface area (Å²) in [6.07, 6.45) is 0.129. The molecule has 0 radical (unpaired) electrons. The van der Waals surface area contributed by atoms with Gasteiger partial charge < -0.3 is 14.7 Å². The lowest BCUT2D eigenvalue weighted by Gasteiger charge is -2.45. The van der Waals surface area contributed by atoms with E-state index in [9.17, 15) is 14.7 Å². The first kappa shape index (κ1) is 21.6. The van der Waals surface area contributed by atoms with Gasteiger partial charge in [-0.3, -0.25) is 9.59 Å². The lowest BCUT2D eigenvalue weighted by atomic mass is 9.91. The number of halogens is 3. The Morgan fingerprint density at radius 3 is 2.40 bits per heavy atom. The summed E-state index contributed by atoms with van der Waals surface area (Å²) in [7, 11) is 0. The molecule has 3 atom stereocenters. The van der Waals surface area contributed by atoms with Crippen molar-refractivity contribution in [1.29, 1.82) is 0 Å². The zero-order valence-electron chi connectivity index (χ0n) is 15.9. The van der Waals surface area contributed by atoms with Crippen molar-refractivity contribution < 1.29 is 19.4 Å². The summed E-state index contributed by atoms with van der Waals surface area (Å²) in [6, 6.07) is 12.4. The van der Waals surface area contributed by atoms with Crippen molar-refractivity contribution in [2.75, 3.05) is 6.54 Å². The molecule has 158 valence electrons. The number of carboxylic acid groups (broad SMARTS) is 1. The standard InChI is InChI=1S/C22H20BrCl2NO4/c23-15-7-14(8-17(25)9-15)21-20(13-3-5-16(24)6-4-13)26(11-12-1-2-12)22(29)18(30-21)10-19(27)28/h3-9,12,18,20-21H,1-2,10-11H2,(H,27,28)/t18-,20+,21+/m0/s1. The Kier molecular flexibility index (Phi) is 6.39. The van der Waals surface area contributed by atoms with Gasteiger partial charge in [0.1, 0.15) is 12.2 Å². The van der Waals surface area contributed by atoms with Gasteiger partial charge in [0, 0.05) is 21.1 Å². The highest BCUT2D eigenvalue weighted by Crippen LogP contribution is 2.45. The van der Waals surface area contributed by atoms with E-state index in [1.807, 2.05) is 18.2 Å². The number of nitrogens with zero attached hydrogens (tertiary/aromatic N) is 1. The maximum atomic E-state index is 13.3. The van der Waals surface area contributed by atoms with Crippen molar-refractivity contribution in [2.45, 2.75) is 37.5 Å². The molecule has 1 saturated heterocycles. The molecule has 1 heterocycles. The third-order valence-corrected chi connectivity index (χ3v) is 6.36. The molecule has 5 nitrogen and oxygen atoms in total. The molecule has 0 bridgehead atoms. The van der Waals surface area contributed by atoms with Crippen LogP contribution in [0.4, 0.5) is 0 Å². The van der Waals surface area contributed by atoms with E-state index in [1.165, 1.54) is 0 Å². The number of morpholine rings is 1. The maximum Gasteiger partial charge on any atom is 0.306 e. The Bertz CT molecular complexity index is 944. The molecular formula is C22H20BrCl2NO4. The average molecular weight is 513 g/mol. The highest BCUT2D eigenvalue weighted by Gasteiger charge is 2.46. The third-order valence-electron chi connectivity index (χ3n) is 5.43. The SMILES string of the molecule is O=C(O)C[C@@H]1O[C@H](c2cc(Cl)cc(Br)c2)[C@@H](c2ccc(Cl)cc2)N(CC2CC2)C1=O. The van der Waals surface area contributed by atoms with Crippen molar-refractivity contribution in [3.05, 3.63) is 68.1 Å². The van der Waals surface area contributed by atoms with E-state index in [0.717, 1.165) is 28.4 Å². The molecule has 1 saturated carbocycles. The molecule has 2 aromatic rings. The zero-order chi connectivity index (χ0) is 21.4. The number of carbonyl (C=O) groups excluding carboxylic acids is 1. The second kappa shape index (κ2) is 8.87. The predicted octanol–water partition coefficient (Wildman–Crippen LogP) is 5.65. The van der Waals surface area contributed by atoms with Crippen molar-refractivity contribution in [3.63, 3.8) is 0 Å². The molecule has 0 spiro atoms. The van der Waals surface area contributed by atoms with Crippen molar-refractivity contribution in [2.24, 2.45) is 5.92 Å². The van der Waals surface area contributed by atoms with E-state index < -0.39 is 24.2 Å². The molecule has 1 amide bonds. The Morgan fingerprint density at radius 2 is 1.80 bits per heavy atom. The van der Waals surface area contributed by atoms with Gasteiger partial charge in [-0.25, -0.2) is 0 Å². The van der Waals surface area contributed by atoms with E-state index in [1.54, 1.807) is 29.2 Å². The first-order valence-electron chi connectivity index (χ1n) is 9.71. The van der Waals surface area contributed by atoms with Crippen LogP contribution in [0.3, 0.4) is 0 Å². The van der Waals surface area contributed by atoms with Crippen LogP contribution in [0.2, 0.25) is 10.0 Å². The van der Waals surface area contributed by atoms with Gasteiger partial charge in [0.15, 0.2) is 0 Å². The molecule has 1 aliphatic carbocycles. The van der Waals surface area contributed by atoms with Crippen LogP contribution in [0.25, 0.3) is 0 Å². The second-order valence-corrected chi connectivity index (χ2v) is 9.56. The van der Waals surface area contributed by atoms with Crippen LogP contribution in [0, 0.1) is 5.92 Å². The summed E-state index contributed by atoms with van der Waals surface area (Å²) in [4.78, 5) is 26.5. The van der Waals surface area contributed by atoms with Crippen LogP contribution in [-0.2, 0) is 14.3 Å². The van der Waals surface area contributed by atoms with Crippen LogP contribution in [-0.4, -0.2) is 34.5 Å². The molecule has 2 aliphatic rings. The number of ether oxygens (including phenoxy) is 1. The number of rotatable bonds is 6. The van der Waals surface area contributed by atoms with Crippen LogP contribution < -0.4 is 0 Å². The summed E-state index contributed by atoms with van der Waals surface area (Å²) < 4.78 is 6.93. The number of benzene rings is 2. The number of hydrogen-bond donors (Lipinski definition) is 1. The van der Waals surface area contributed by atoms with E-state index in [-0.39, 0.29) is 12.3 Å². The summed E-state index contributed by atoms with van der Waals surface area (Å²) in [5.41, 5.74) is 1.65. The molecule has 2 fully saturated rings. The van der Waals surface area contributed by atoms with Gasteiger partial charge >= 0.3 is 5.97 Å². The summed E-state index contributed by atoms with van der Waals surface area (Å²) >= 11 is 15.8. The largest absolute Gasteiger partial charge is 0.481 e. The number of aliphatic carboxylic acids is 1. The third kappa shape index (κ3) is 4.83. The van der Waals surface area contributed by atoms with Gasteiger partial charge in [0.25, 0.3) is 5.91 Å². The molecule has 0 unspecified atom stereocenters. The Hall–Kier alpha value is -1.60. The van der Waals surface area contributed by atoms with Crippen molar-refractivity contribution >= 4 is 51.0 Å². The number of carbonyl (C=O) groups is 2. The maximum absolute atomic E-state index is 13.3. The molecule has 4 rings (SSSR count). The molecule has 1 aliphatic heterocycles. The Balaban J connectivity index is 1.81. The lowest BCUT2D eigenvalue weighted by molar-refractivity contribution is -0.179. The van der Waals surface area contributed by atoms with Gasteiger partial charge in [-0.2, -0.15) is 0 Å². The van der Waals surface area contributed by atoms with E-state index in [4.69, 9.17) is 27.9 Å². The van der Waals surface area contributed by atoms with E-state index in [2.05, 4.69) is 15.9 Å². The highest BCUT2D eigenvalue weighted by molar-refractivity contribution is 9.10. The van der Waals surface area contributed by atoms with Gasteiger partial charge in [-0.1, -0.05) is 51.3 Å². The first-order chi connectivity index (χ1) is 14.3. The Morgan fingerprint density at radius 1 is 1.10 bits per heavy atom. The summed E-state index contributed by atoms with van der Waals surface area (Å²) in [5.74, 6) is -0.934. The quantitative estimate of drug-likeness (QED) is 0.543. The zero-order valence-corrected chi connectivity index (χ0v) is 19.0. The minimum Gasteiger partial charge on any atom is -0.481 e. The normalized spacial score (nSPS) is 24.2. The van der Waals surface area contributed by atoms with E-state index >= 15 is 0 Å². The van der Waals surface area contributed by atoms with E-state index in [0.29, 0.717) is 22.5 Å². The fourth-order valence-electron chi connectivity index (χ4n) is 3.89. The van der Waals surface area contributed by atoms with Crippen LogP contribution >= 0.6 is 39.1 Å². The summed E-state index contributed by atoms with van der Waals surface area (Å²) in [5, 5.41) is 10.5. The Labute approximate surface area is 193 Å². The lowest BCUT2D eigenvalue weighted by Crippen LogP contribution is -2.52. The monoisotopic (exact) mass is 511 g/mol. The van der Waals surface area contributed by atoms with Crippen LogP contribution in [0.5, 0.6) is 0 Å². The van der Waals surface area contributed by atoms with Gasteiger partial charge in [-0.05, 0) is 60.2 Å². The molecular weight excluding hydrogens is 493 g/mol. The second-order valence-electron chi connectivity index (χ2n) is 7.78. The van der Waals surface area contributed by atoms with Gasteiger partial charge in [-0.15, -0.1) is 0 Å². The smallest absolute Gasteiger partial charge is 0.306 e. The molecule has 0 aromatic heterocycles. The molecule has 2 aromatic carbocycles. The molecule has 30 heavy (non-hydrogen) atoms. The van der Waals surface area contributed by atoms with Crippen molar-refractivity contribution in [1.82, 2.24) is 4.90 Å². The average Bonchev–Trinajstić information content (AvgIpc) is 3.49. The van der Waals surface area contributed by atoms with Crippen molar-refractivity contribution in [3.8, 4) is 0 Å². The van der Waals surface area contributed by atoms with Crippen LogP contribution in [0.15, 0.2) is 46.9 Å². The minimum atomic E-state index is -1.07. The number of hydrogen-bond acceptors (Lipinski definition) is 3. The fourth-order valence-corrected chi connectivity index (χ4v) is 4.90. The first-order valence-corrected chi connectivity index (χ1v) is 11.3. The van der Waals surface area contributed by atoms with Gasteiger partial charge in [0.05, 0.1) is 12.5 Å². The van der Waals surface area contributed by atoms with Crippen LogP contribution in [0.1, 0.15) is 42.5 Å². The number of carboxylic acids is 1. The molecule has 1 N–H and O–H groups in total. The molecule has 8 heteroatoms. The topological polar surface area (TPSA) is 66.8 Å². The number of amides is 1. The fraction of sp³-hybridized carbons (Fsp3) is 0.364.